The summed E-state index contributed by atoms with van der Waals surface area (Å²) in [6.07, 6.45) is 1.23. The molecule has 1 heterocycles. The predicted octanol–water partition coefficient (Wildman–Crippen LogP) is 0.562. The van der Waals surface area contributed by atoms with Gasteiger partial charge < -0.3 is 5.32 Å². The Hall–Kier alpha value is -0.960. The number of primary sulfonamides is 1. The smallest absolute Gasteiger partial charge is 0.238 e. The highest BCUT2D eigenvalue weighted by atomic mass is 32.2. The topological polar surface area (TPSA) is 106 Å². The Morgan fingerprint density at radius 3 is 2.19 bits per heavy atom. The summed E-state index contributed by atoms with van der Waals surface area (Å²) in [5, 5.41) is 8.44. The first kappa shape index (κ1) is 16.4. The normalized spacial score (nSPS) is 21.0. The maximum Gasteiger partial charge on any atom is 0.238 e. The van der Waals surface area contributed by atoms with Crippen molar-refractivity contribution in [3.8, 4) is 0 Å². The Morgan fingerprint density at radius 1 is 1.19 bits per heavy atom. The standard InChI is InChI=1S/C13H20N2O4S2/c1-10(15-12-6-8-20(16,17)9-7-12)11-2-4-13(5-3-11)21(14,18)19/h2-5,10,12,15H,6-9H2,1H3,(H2,14,18,19). The van der Waals surface area contributed by atoms with E-state index in [-0.39, 0.29) is 28.5 Å². The number of sulfonamides is 1. The van der Waals surface area contributed by atoms with Gasteiger partial charge in [-0.05, 0) is 37.5 Å². The number of sulfone groups is 1. The summed E-state index contributed by atoms with van der Waals surface area (Å²) in [5.74, 6) is 0.448. The van der Waals surface area contributed by atoms with E-state index in [0.29, 0.717) is 12.8 Å². The summed E-state index contributed by atoms with van der Waals surface area (Å²) in [7, 11) is -6.53. The molecule has 118 valence electrons. The monoisotopic (exact) mass is 332 g/mol. The minimum atomic E-state index is -3.67. The van der Waals surface area contributed by atoms with Crippen molar-refractivity contribution < 1.29 is 16.8 Å². The van der Waals surface area contributed by atoms with E-state index in [1.165, 1.54) is 12.1 Å². The minimum absolute atomic E-state index is 0.0188. The second kappa shape index (κ2) is 6.04. The Bertz CT molecular complexity index is 682. The van der Waals surface area contributed by atoms with Crippen LogP contribution in [0.15, 0.2) is 29.2 Å². The van der Waals surface area contributed by atoms with E-state index in [1.54, 1.807) is 12.1 Å². The van der Waals surface area contributed by atoms with E-state index in [0.717, 1.165) is 5.56 Å². The molecule has 1 aliphatic heterocycles. The highest BCUT2D eigenvalue weighted by Crippen LogP contribution is 2.19. The van der Waals surface area contributed by atoms with Gasteiger partial charge >= 0.3 is 0 Å². The number of rotatable bonds is 4. The molecule has 0 spiro atoms. The van der Waals surface area contributed by atoms with Gasteiger partial charge in [-0.2, -0.15) is 0 Å². The molecule has 1 unspecified atom stereocenters. The molecule has 1 aromatic rings. The molecule has 0 bridgehead atoms. The highest BCUT2D eigenvalue weighted by molar-refractivity contribution is 7.91. The molecule has 1 saturated heterocycles. The molecule has 0 amide bonds. The van der Waals surface area contributed by atoms with Gasteiger partial charge in [0.1, 0.15) is 9.84 Å². The summed E-state index contributed by atoms with van der Waals surface area (Å²) >= 11 is 0. The fourth-order valence-electron chi connectivity index (χ4n) is 2.45. The lowest BCUT2D eigenvalue weighted by molar-refractivity contribution is 0.420. The summed E-state index contributed by atoms with van der Waals surface area (Å²) in [4.78, 5) is 0.0854. The fourth-order valence-corrected chi connectivity index (χ4v) is 4.46. The van der Waals surface area contributed by atoms with Crippen molar-refractivity contribution >= 4 is 19.9 Å². The van der Waals surface area contributed by atoms with Crippen LogP contribution in [0.2, 0.25) is 0 Å². The first-order chi connectivity index (χ1) is 9.67. The van der Waals surface area contributed by atoms with Crippen LogP contribution in [0.5, 0.6) is 0 Å². The van der Waals surface area contributed by atoms with Gasteiger partial charge in [0.2, 0.25) is 10.0 Å². The maximum absolute atomic E-state index is 11.4. The molecule has 0 aliphatic carbocycles. The van der Waals surface area contributed by atoms with Gasteiger partial charge in [-0.1, -0.05) is 12.1 Å². The number of hydrogen-bond donors (Lipinski definition) is 2. The molecule has 1 atom stereocenters. The Labute approximate surface area is 125 Å². The van der Waals surface area contributed by atoms with Crippen LogP contribution >= 0.6 is 0 Å². The van der Waals surface area contributed by atoms with Crippen molar-refractivity contribution in [2.45, 2.75) is 36.7 Å². The molecule has 0 aromatic heterocycles. The van der Waals surface area contributed by atoms with E-state index < -0.39 is 19.9 Å². The average molecular weight is 332 g/mol. The summed E-state index contributed by atoms with van der Waals surface area (Å²) in [6.45, 7) is 1.97. The second-order valence-corrected chi connectivity index (χ2v) is 9.29. The van der Waals surface area contributed by atoms with Crippen molar-refractivity contribution in [3.05, 3.63) is 29.8 Å². The quantitative estimate of drug-likeness (QED) is 0.838. The maximum atomic E-state index is 11.4. The van der Waals surface area contributed by atoms with Crippen LogP contribution in [0.3, 0.4) is 0 Å². The first-order valence-corrected chi connectivity index (χ1v) is 10.1. The third kappa shape index (κ3) is 4.50. The molecule has 0 radical (unpaired) electrons. The summed E-state index contributed by atoms with van der Waals surface area (Å²) in [6, 6.07) is 6.59. The van der Waals surface area contributed by atoms with Crippen LogP contribution in [0.25, 0.3) is 0 Å². The molecule has 0 saturated carbocycles. The number of nitrogens with two attached hydrogens (primary N) is 1. The third-order valence-corrected chi connectivity index (χ3v) is 6.39. The Morgan fingerprint density at radius 2 is 1.71 bits per heavy atom. The van der Waals surface area contributed by atoms with Crippen LogP contribution in [-0.4, -0.2) is 34.4 Å². The van der Waals surface area contributed by atoms with E-state index in [9.17, 15) is 16.8 Å². The minimum Gasteiger partial charge on any atom is -0.307 e. The van der Waals surface area contributed by atoms with Gasteiger partial charge in [0, 0.05) is 12.1 Å². The fraction of sp³-hybridized carbons (Fsp3) is 0.538. The van der Waals surface area contributed by atoms with Gasteiger partial charge in [-0.3, -0.25) is 0 Å². The van der Waals surface area contributed by atoms with Crippen molar-refractivity contribution in [3.63, 3.8) is 0 Å². The van der Waals surface area contributed by atoms with Gasteiger partial charge in [0.25, 0.3) is 0 Å². The lowest BCUT2D eigenvalue weighted by Crippen LogP contribution is -2.38. The molecular weight excluding hydrogens is 312 g/mol. The van der Waals surface area contributed by atoms with Crippen LogP contribution in [0.1, 0.15) is 31.4 Å². The number of hydrogen-bond acceptors (Lipinski definition) is 5. The van der Waals surface area contributed by atoms with Crippen LogP contribution in [0.4, 0.5) is 0 Å². The third-order valence-electron chi connectivity index (χ3n) is 3.75. The molecule has 6 nitrogen and oxygen atoms in total. The van der Waals surface area contributed by atoms with E-state index in [1.807, 2.05) is 6.92 Å². The van der Waals surface area contributed by atoms with Crippen LogP contribution in [-0.2, 0) is 19.9 Å². The number of nitrogens with one attached hydrogen (secondary N) is 1. The summed E-state index contributed by atoms with van der Waals surface area (Å²) in [5.41, 5.74) is 0.941. The molecule has 1 aliphatic rings. The van der Waals surface area contributed by atoms with Crippen molar-refractivity contribution in [2.24, 2.45) is 5.14 Å². The lowest BCUT2D eigenvalue weighted by atomic mass is 10.1. The lowest BCUT2D eigenvalue weighted by Gasteiger charge is -2.27. The van der Waals surface area contributed by atoms with E-state index in [2.05, 4.69) is 5.32 Å². The largest absolute Gasteiger partial charge is 0.307 e. The van der Waals surface area contributed by atoms with Gasteiger partial charge in [-0.25, -0.2) is 22.0 Å². The van der Waals surface area contributed by atoms with E-state index >= 15 is 0 Å². The Kier molecular flexibility index (Phi) is 4.72. The Balaban J connectivity index is 1.99. The SMILES string of the molecule is CC(NC1CCS(=O)(=O)CC1)c1ccc(S(N)(=O)=O)cc1. The highest BCUT2D eigenvalue weighted by Gasteiger charge is 2.24. The molecule has 8 heteroatoms. The van der Waals surface area contributed by atoms with Crippen LogP contribution in [0, 0.1) is 0 Å². The summed E-state index contributed by atoms with van der Waals surface area (Å²) < 4.78 is 45.2. The second-order valence-electron chi connectivity index (χ2n) is 5.43. The molecule has 3 N–H and O–H groups in total. The van der Waals surface area contributed by atoms with Crippen molar-refractivity contribution in [1.82, 2.24) is 5.32 Å². The molecule has 21 heavy (non-hydrogen) atoms. The zero-order valence-electron chi connectivity index (χ0n) is 11.8. The average Bonchev–Trinajstić information content (AvgIpc) is 2.40. The van der Waals surface area contributed by atoms with Gasteiger partial charge in [-0.15, -0.1) is 0 Å². The van der Waals surface area contributed by atoms with Crippen molar-refractivity contribution in [2.75, 3.05) is 11.5 Å². The van der Waals surface area contributed by atoms with Crippen molar-refractivity contribution in [1.29, 1.82) is 0 Å². The van der Waals surface area contributed by atoms with Crippen LogP contribution < -0.4 is 10.5 Å². The molecule has 2 rings (SSSR count). The predicted molar refractivity (Wildman–Crippen MR) is 81.0 cm³/mol. The zero-order chi connectivity index (χ0) is 15.7. The van der Waals surface area contributed by atoms with E-state index in [4.69, 9.17) is 5.14 Å². The zero-order valence-corrected chi connectivity index (χ0v) is 13.5. The molecule has 1 aromatic carbocycles. The molecular formula is C13H20N2O4S2. The van der Waals surface area contributed by atoms with Gasteiger partial charge in [0.15, 0.2) is 0 Å². The van der Waals surface area contributed by atoms with Gasteiger partial charge in [0.05, 0.1) is 16.4 Å². The first-order valence-electron chi connectivity index (χ1n) is 6.77. The molecule has 1 fully saturated rings. The number of benzene rings is 1.